The quantitative estimate of drug-likeness (QED) is 0.490. The number of amides is 1. The molecule has 1 amide bonds. The zero-order chi connectivity index (χ0) is 21.5. The van der Waals surface area contributed by atoms with Crippen LogP contribution in [0.15, 0.2) is 53.9 Å². The smallest absolute Gasteiger partial charge is 0.233 e. The molecule has 9 heteroatoms. The molecule has 0 spiro atoms. The van der Waals surface area contributed by atoms with Crippen molar-refractivity contribution in [3.8, 4) is 23.1 Å². The fraction of sp³-hybridized carbons (Fsp3) is 0.286. The Morgan fingerprint density at radius 1 is 1.23 bits per heavy atom. The van der Waals surface area contributed by atoms with Crippen molar-refractivity contribution in [3.63, 3.8) is 0 Å². The van der Waals surface area contributed by atoms with Gasteiger partial charge in [0.2, 0.25) is 5.91 Å². The molecule has 2 heterocycles. The first-order valence-corrected chi connectivity index (χ1v) is 10.8. The van der Waals surface area contributed by atoms with Crippen molar-refractivity contribution in [1.29, 1.82) is 5.26 Å². The van der Waals surface area contributed by atoms with Gasteiger partial charge in [-0.1, -0.05) is 23.4 Å². The molecule has 0 bridgehead atoms. The fourth-order valence-electron chi connectivity index (χ4n) is 2.87. The maximum atomic E-state index is 12.7. The zero-order valence-corrected chi connectivity index (χ0v) is 18.3. The molecule has 0 aliphatic rings. The van der Waals surface area contributed by atoms with E-state index in [4.69, 9.17) is 16.9 Å². The highest BCUT2D eigenvalue weighted by molar-refractivity contribution is 7.99. The maximum absolute atomic E-state index is 12.7. The summed E-state index contributed by atoms with van der Waals surface area (Å²) in [6.45, 7) is 4.68. The standard InChI is InChI=1S/C21H21ClN6OS/c1-3-27(13-15(2)12-23)19(29)14-30-21-26-25-20(16-8-10-24-11-9-16)28(21)18-6-4-17(22)5-7-18/h4-11,15H,3,13-14H2,1-2H3. The number of hydrogen-bond acceptors (Lipinski definition) is 6. The van der Waals surface area contributed by atoms with E-state index in [9.17, 15) is 4.79 Å². The van der Waals surface area contributed by atoms with Gasteiger partial charge < -0.3 is 4.90 Å². The van der Waals surface area contributed by atoms with E-state index in [0.29, 0.717) is 29.1 Å². The number of thioether (sulfide) groups is 1. The van der Waals surface area contributed by atoms with Crippen LogP contribution in [-0.2, 0) is 4.79 Å². The molecule has 0 aliphatic heterocycles. The number of pyridine rings is 1. The molecule has 7 nitrogen and oxygen atoms in total. The summed E-state index contributed by atoms with van der Waals surface area (Å²) < 4.78 is 1.90. The number of halogens is 1. The van der Waals surface area contributed by atoms with Crippen LogP contribution in [-0.4, -0.2) is 49.4 Å². The molecular formula is C21H21ClN6OS. The van der Waals surface area contributed by atoms with E-state index in [1.807, 2.05) is 35.8 Å². The van der Waals surface area contributed by atoms with Gasteiger partial charge in [-0.05, 0) is 50.2 Å². The lowest BCUT2D eigenvalue weighted by molar-refractivity contribution is -0.128. The number of rotatable bonds is 8. The van der Waals surface area contributed by atoms with Crippen LogP contribution in [0, 0.1) is 17.2 Å². The summed E-state index contributed by atoms with van der Waals surface area (Å²) in [5.74, 6) is 0.601. The molecule has 0 saturated heterocycles. The van der Waals surface area contributed by atoms with E-state index >= 15 is 0 Å². The molecule has 0 aliphatic carbocycles. The van der Waals surface area contributed by atoms with Crippen molar-refractivity contribution in [2.24, 2.45) is 5.92 Å². The number of nitriles is 1. The van der Waals surface area contributed by atoms with Gasteiger partial charge in [-0.3, -0.25) is 14.3 Å². The topological polar surface area (TPSA) is 87.7 Å². The average Bonchev–Trinajstić information content (AvgIpc) is 3.20. The Kier molecular flexibility index (Phi) is 7.44. The minimum absolute atomic E-state index is 0.0410. The van der Waals surface area contributed by atoms with E-state index in [1.165, 1.54) is 11.8 Å². The summed E-state index contributed by atoms with van der Waals surface area (Å²) in [6, 6.07) is 13.3. The van der Waals surface area contributed by atoms with Gasteiger partial charge in [0.05, 0.1) is 17.7 Å². The normalized spacial score (nSPS) is 11.7. The first kappa shape index (κ1) is 21.8. The van der Waals surface area contributed by atoms with Gasteiger partial charge in [-0.25, -0.2) is 0 Å². The van der Waals surface area contributed by atoms with E-state index < -0.39 is 0 Å². The van der Waals surface area contributed by atoms with Crippen molar-refractivity contribution in [2.45, 2.75) is 19.0 Å². The fourth-order valence-corrected chi connectivity index (χ4v) is 3.85. The molecule has 1 unspecified atom stereocenters. The number of hydrogen-bond donors (Lipinski definition) is 0. The van der Waals surface area contributed by atoms with Gasteiger partial charge in [0.15, 0.2) is 11.0 Å². The Labute approximate surface area is 184 Å². The lowest BCUT2D eigenvalue weighted by Gasteiger charge is -2.21. The largest absolute Gasteiger partial charge is 0.341 e. The molecular weight excluding hydrogens is 420 g/mol. The summed E-state index contributed by atoms with van der Waals surface area (Å²) >= 11 is 7.36. The number of carbonyl (C=O) groups is 1. The average molecular weight is 441 g/mol. The van der Waals surface area contributed by atoms with Crippen LogP contribution in [0.4, 0.5) is 0 Å². The van der Waals surface area contributed by atoms with Crippen LogP contribution < -0.4 is 0 Å². The summed E-state index contributed by atoms with van der Waals surface area (Å²) in [5, 5.41) is 18.9. The van der Waals surface area contributed by atoms with Crippen LogP contribution in [0.1, 0.15) is 13.8 Å². The summed E-state index contributed by atoms with van der Waals surface area (Å²) in [7, 11) is 0. The molecule has 1 atom stereocenters. The first-order chi connectivity index (χ1) is 14.5. The molecule has 154 valence electrons. The second-order valence-electron chi connectivity index (χ2n) is 6.61. The van der Waals surface area contributed by atoms with Gasteiger partial charge in [0, 0.05) is 41.8 Å². The highest BCUT2D eigenvalue weighted by atomic mass is 35.5. The molecule has 0 saturated carbocycles. The first-order valence-electron chi connectivity index (χ1n) is 9.45. The predicted molar refractivity (Wildman–Crippen MR) is 117 cm³/mol. The number of carbonyl (C=O) groups excluding carboxylic acids is 1. The number of aromatic nitrogens is 4. The maximum Gasteiger partial charge on any atom is 0.233 e. The molecule has 0 N–H and O–H groups in total. The number of benzene rings is 1. The Morgan fingerprint density at radius 2 is 1.93 bits per heavy atom. The Balaban J connectivity index is 1.88. The third-order valence-electron chi connectivity index (χ3n) is 4.43. The van der Waals surface area contributed by atoms with E-state index in [0.717, 1.165) is 11.3 Å². The summed E-state index contributed by atoms with van der Waals surface area (Å²) in [5.41, 5.74) is 1.71. The SMILES string of the molecule is CCN(CC(C)C#N)C(=O)CSc1nnc(-c2ccncc2)n1-c1ccc(Cl)cc1. The lowest BCUT2D eigenvalue weighted by atomic mass is 10.2. The molecule has 3 aromatic rings. The minimum Gasteiger partial charge on any atom is -0.341 e. The molecule has 0 radical (unpaired) electrons. The van der Waals surface area contributed by atoms with Crippen LogP contribution in [0.5, 0.6) is 0 Å². The molecule has 1 aromatic carbocycles. The molecule has 30 heavy (non-hydrogen) atoms. The van der Waals surface area contributed by atoms with Crippen molar-refractivity contribution >= 4 is 29.3 Å². The Bertz CT molecular complexity index is 1030. The van der Waals surface area contributed by atoms with Crippen LogP contribution in [0.25, 0.3) is 17.1 Å². The third kappa shape index (κ3) is 5.17. The Morgan fingerprint density at radius 3 is 2.57 bits per heavy atom. The van der Waals surface area contributed by atoms with Gasteiger partial charge in [0.1, 0.15) is 0 Å². The van der Waals surface area contributed by atoms with Crippen molar-refractivity contribution in [1.82, 2.24) is 24.6 Å². The van der Waals surface area contributed by atoms with Crippen LogP contribution in [0.3, 0.4) is 0 Å². The van der Waals surface area contributed by atoms with Crippen LogP contribution in [0.2, 0.25) is 5.02 Å². The van der Waals surface area contributed by atoms with Gasteiger partial charge in [-0.2, -0.15) is 5.26 Å². The molecule has 0 fully saturated rings. The van der Waals surface area contributed by atoms with E-state index in [2.05, 4.69) is 21.3 Å². The van der Waals surface area contributed by atoms with Gasteiger partial charge >= 0.3 is 0 Å². The minimum atomic E-state index is -0.213. The van der Waals surface area contributed by atoms with Gasteiger partial charge in [0.25, 0.3) is 0 Å². The van der Waals surface area contributed by atoms with Crippen LogP contribution >= 0.6 is 23.4 Å². The van der Waals surface area contributed by atoms with Crippen molar-refractivity contribution in [2.75, 3.05) is 18.8 Å². The third-order valence-corrected chi connectivity index (χ3v) is 5.60. The monoisotopic (exact) mass is 440 g/mol. The summed E-state index contributed by atoms with van der Waals surface area (Å²) in [4.78, 5) is 18.4. The highest BCUT2D eigenvalue weighted by Gasteiger charge is 2.20. The van der Waals surface area contributed by atoms with Crippen molar-refractivity contribution < 1.29 is 4.79 Å². The molecule has 2 aromatic heterocycles. The highest BCUT2D eigenvalue weighted by Crippen LogP contribution is 2.28. The van der Waals surface area contributed by atoms with E-state index in [1.54, 1.807) is 36.4 Å². The lowest BCUT2D eigenvalue weighted by Crippen LogP contribution is -2.35. The molecule has 3 rings (SSSR count). The Hall–Kier alpha value is -2.89. The predicted octanol–water partition coefficient (Wildman–Crippen LogP) is 4.08. The second kappa shape index (κ2) is 10.2. The van der Waals surface area contributed by atoms with E-state index in [-0.39, 0.29) is 17.6 Å². The second-order valence-corrected chi connectivity index (χ2v) is 7.98. The van der Waals surface area contributed by atoms with Gasteiger partial charge in [-0.15, -0.1) is 10.2 Å². The van der Waals surface area contributed by atoms with Crippen molar-refractivity contribution in [3.05, 3.63) is 53.8 Å². The summed E-state index contributed by atoms with van der Waals surface area (Å²) in [6.07, 6.45) is 3.39. The number of nitrogens with zero attached hydrogens (tertiary/aromatic N) is 6. The zero-order valence-electron chi connectivity index (χ0n) is 16.7.